The summed E-state index contributed by atoms with van der Waals surface area (Å²) in [5.74, 6) is -0.114. The lowest BCUT2D eigenvalue weighted by Gasteiger charge is -2.01. The third-order valence-electron chi connectivity index (χ3n) is 2.12. The van der Waals surface area contributed by atoms with E-state index in [0.717, 1.165) is 5.56 Å². The number of H-pyrrole nitrogens is 1. The SMILES string of the molecule is Cc1cscc1CNC(=O)c1nc(N)n[nH]1. The maximum Gasteiger partial charge on any atom is 0.288 e. The number of aromatic amines is 1. The third kappa shape index (κ3) is 2.19. The summed E-state index contributed by atoms with van der Waals surface area (Å²) in [6, 6.07) is 0. The number of anilines is 1. The van der Waals surface area contributed by atoms with Crippen molar-refractivity contribution in [2.75, 3.05) is 5.73 Å². The minimum atomic E-state index is -0.310. The molecule has 0 spiro atoms. The number of amides is 1. The second-order valence-electron chi connectivity index (χ2n) is 3.30. The average molecular weight is 237 g/mol. The molecule has 2 aromatic heterocycles. The number of hydrogen-bond acceptors (Lipinski definition) is 5. The summed E-state index contributed by atoms with van der Waals surface area (Å²) in [4.78, 5) is 15.3. The molecule has 2 aromatic rings. The molecule has 16 heavy (non-hydrogen) atoms. The van der Waals surface area contributed by atoms with E-state index in [2.05, 4.69) is 20.5 Å². The third-order valence-corrected chi connectivity index (χ3v) is 3.03. The van der Waals surface area contributed by atoms with Crippen molar-refractivity contribution in [3.8, 4) is 0 Å². The number of nitrogens with two attached hydrogens (primary N) is 1. The molecule has 0 unspecified atom stereocenters. The Balaban J connectivity index is 1.96. The van der Waals surface area contributed by atoms with Gasteiger partial charge in [-0.3, -0.25) is 9.89 Å². The number of rotatable bonds is 3. The van der Waals surface area contributed by atoms with Gasteiger partial charge in [0.05, 0.1) is 0 Å². The monoisotopic (exact) mass is 237 g/mol. The van der Waals surface area contributed by atoms with Crippen molar-refractivity contribution >= 4 is 23.2 Å². The molecule has 2 heterocycles. The summed E-state index contributed by atoms with van der Waals surface area (Å²) < 4.78 is 0. The quantitative estimate of drug-likeness (QED) is 0.731. The van der Waals surface area contributed by atoms with Gasteiger partial charge in [0.2, 0.25) is 11.8 Å². The van der Waals surface area contributed by atoms with Gasteiger partial charge in [-0.25, -0.2) is 0 Å². The lowest BCUT2D eigenvalue weighted by atomic mass is 10.2. The molecule has 0 bridgehead atoms. The molecule has 1 amide bonds. The molecule has 0 saturated heterocycles. The largest absolute Gasteiger partial charge is 0.366 e. The first-order valence-electron chi connectivity index (χ1n) is 4.64. The van der Waals surface area contributed by atoms with E-state index in [4.69, 9.17) is 5.73 Å². The fraction of sp³-hybridized carbons (Fsp3) is 0.222. The molecule has 7 heteroatoms. The first-order chi connectivity index (χ1) is 7.66. The van der Waals surface area contributed by atoms with Gasteiger partial charge in [0.25, 0.3) is 5.91 Å². The van der Waals surface area contributed by atoms with Crippen LogP contribution >= 0.6 is 11.3 Å². The van der Waals surface area contributed by atoms with Crippen LogP contribution in [0.1, 0.15) is 21.7 Å². The van der Waals surface area contributed by atoms with Gasteiger partial charge in [-0.05, 0) is 28.8 Å². The van der Waals surface area contributed by atoms with Crippen LogP contribution in [0.3, 0.4) is 0 Å². The summed E-state index contributed by atoms with van der Waals surface area (Å²) in [7, 11) is 0. The van der Waals surface area contributed by atoms with Crippen LogP contribution in [0.4, 0.5) is 5.95 Å². The molecule has 0 aliphatic rings. The van der Waals surface area contributed by atoms with Gasteiger partial charge in [-0.15, -0.1) is 5.10 Å². The van der Waals surface area contributed by atoms with Crippen molar-refractivity contribution < 1.29 is 4.79 Å². The standard InChI is InChI=1S/C9H11N5OS/c1-5-3-16-4-6(5)2-11-8(15)7-12-9(10)14-13-7/h3-4H,2H2,1H3,(H,11,15)(H3,10,12,13,14). The van der Waals surface area contributed by atoms with Crippen LogP contribution in [0.15, 0.2) is 10.8 Å². The van der Waals surface area contributed by atoms with E-state index in [1.165, 1.54) is 5.56 Å². The Labute approximate surface area is 95.9 Å². The number of aryl methyl sites for hydroxylation is 1. The van der Waals surface area contributed by atoms with Gasteiger partial charge in [0.15, 0.2) is 0 Å². The maximum absolute atomic E-state index is 11.6. The van der Waals surface area contributed by atoms with Crippen LogP contribution in [-0.2, 0) is 6.54 Å². The fourth-order valence-corrected chi connectivity index (χ4v) is 2.06. The topological polar surface area (TPSA) is 96.7 Å². The van der Waals surface area contributed by atoms with Crippen molar-refractivity contribution in [1.29, 1.82) is 0 Å². The van der Waals surface area contributed by atoms with Gasteiger partial charge in [0.1, 0.15) is 0 Å². The first-order valence-corrected chi connectivity index (χ1v) is 5.59. The Bertz CT molecular complexity index is 503. The van der Waals surface area contributed by atoms with Crippen LogP contribution in [0.5, 0.6) is 0 Å². The maximum atomic E-state index is 11.6. The highest BCUT2D eigenvalue weighted by atomic mass is 32.1. The molecule has 0 aliphatic carbocycles. The molecule has 2 rings (SSSR count). The highest BCUT2D eigenvalue weighted by Gasteiger charge is 2.10. The summed E-state index contributed by atoms with van der Waals surface area (Å²) in [6.45, 7) is 2.49. The minimum absolute atomic E-state index is 0.0665. The summed E-state index contributed by atoms with van der Waals surface area (Å²) >= 11 is 1.61. The zero-order valence-corrected chi connectivity index (χ0v) is 9.47. The predicted octanol–water partition coefficient (Wildman–Crippen LogP) is 0.687. The molecule has 0 atom stereocenters. The molecular formula is C9H11N5OS. The number of carbonyl (C=O) groups excluding carboxylic acids is 1. The molecule has 6 nitrogen and oxygen atoms in total. The highest BCUT2D eigenvalue weighted by molar-refractivity contribution is 7.08. The Kier molecular flexibility index (Phi) is 2.86. The van der Waals surface area contributed by atoms with Gasteiger partial charge in [-0.1, -0.05) is 0 Å². The number of nitrogens with zero attached hydrogens (tertiary/aromatic N) is 2. The first kappa shape index (κ1) is 10.6. The van der Waals surface area contributed by atoms with Crippen molar-refractivity contribution in [1.82, 2.24) is 20.5 Å². The molecule has 0 aliphatic heterocycles. The normalized spacial score (nSPS) is 10.3. The Morgan fingerprint density at radius 3 is 3.00 bits per heavy atom. The van der Waals surface area contributed by atoms with Crippen molar-refractivity contribution in [3.05, 3.63) is 27.7 Å². The number of aromatic nitrogens is 3. The van der Waals surface area contributed by atoms with Gasteiger partial charge in [0, 0.05) is 6.54 Å². The zero-order chi connectivity index (χ0) is 11.5. The summed E-state index contributed by atoms with van der Waals surface area (Å²) in [6.07, 6.45) is 0. The average Bonchev–Trinajstić information content (AvgIpc) is 2.84. The van der Waals surface area contributed by atoms with E-state index in [1.54, 1.807) is 11.3 Å². The number of nitrogens with one attached hydrogen (secondary N) is 2. The molecule has 0 aromatic carbocycles. The lowest BCUT2D eigenvalue weighted by Crippen LogP contribution is -2.24. The van der Waals surface area contributed by atoms with E-state index in [-0.39, 0.29) is 17.7 Å². The second-order valence-corrected chi connectivity index (χ2v) is 4.05. The minimum Gasteiger partial charge on any atom is -0.366 e. The Hall–Kier alpha value is -1.89. The number of nitrogen functional groups attached to an aromatic ring is 1. The number of hydrogen-bond donors (Lipinski definition) is 3. The van der Waals surface area contributed by atoms with Crippen LogP contribution in [0, 0.1) is 6.92 Å². The Morgan fingerprint density at radius 1 is 1.62 bits per heavy atom. The smallest absolute Gasteiger partial charge is 0.288 e. The van der Waals surface area contributed by atoms with E-state index >= 15 is 0 Å². The van der Waals surface area contributed by atoms with E-state index in [1.807, 2.05) is 17.7 Å². The van der Waals surface area contributed by atoms with E-state index in [9.17, 15) is 4.79 Å². The molecule has 0 saturated carbocycles. The number of carbonyl (C=O) groups is 1. The van der Waals surface area contributed by atoms with Crippen molar-refractivity contribution in [3.63, 3.8) is 0 Å². The van der Waals surface area contributed by atoms with Gasteiger partial charge >= 0.3 is 0 Å². The van der Waals surface area contributed by atoms with E-state index < -0.39 is 0 Å². The molecule has 84 valence electrons. The zero-order valence-electron chi connectivity index (χ0n) is 8.65. The molecular weight excluding hydrogens is 226 g/mol. The summed E-state index contributed by atoms with van der Waals surface area (Å²) in [5.41, 5.74) is 7.57. The molecule has 0 fully saturated rings. The van der Waals surface area contributed by atoms with Gasteiger partial charge < -0.3 is 11.1 Å². The Morgan fingerprint density at radius 2 is 2.44 bits per heavy atom. The highest BCUT2D eigenvalue weighted by Crippen LogP contribution is 2.13. The number of thiophene rings is 1. The fourth-order valence-electron chi connectivity index (χ4n) is 1.20. The predicted molar refractivity (Wildman–Crippen MR) is 61.0 cm³/mol. The van der Waals surface area contributed by atoms with E-state index in [0.29, 0.717) is 6.54 Å². The molecule has 4 N–H and O–H groups in total. The van der Waals surface area contributed by atoms with Crippen LogP contribution in [0.25, 0.3) is 0 Å². The molecule has 0 radical (unpaired) electrons. The van der Waals surface area contributed by atoms with Crippen molar-refractivity contribution in [2.45, 2.75) is 13.5 Å². The van der Waals surface area contributed by atoms with Crippen molar-refractivity contribution in [2.24, 2.45) is 0 Å². The van der Waals surface area contributed by atoms with Gasteiger partial charge in [-0.2, -0.15) is 16.3 Å². The second kappa shape index (κ2) is 4.31. The van der Waals surface area contributed by atoms with Crippen LogP contribution in [-0.4, -0.2) is 21.1 Å². The van der Waals surface area contributed by atoms with Crippen LogP contribution < -0.4 is 11.1 Å². The summed E-state index contributed by atoms with van der Waals surface area (Å²) in [5, 5.41) is 12.8. The lowest BCUT2D eigenvalue weighted by molar-refractivity contribution is 0.0941. The van der Waals surface area contributed by atoms with Crippen LogP contribution in [0.2, 0.25) is 0 Å².